The zero-order valence-corrected chi connectivity index (χ0v) is 10.9. The Morgan fingerprint density at radius 2 is 2.32 bits per heavy atom. The van der Waals surface area contributed by atoms with Crippen LogP contribution in [0.4, 0.5) is 5.69 Å². The average molecular weight is 264 g/mol. The highest BCUT2D eigenvalue weighted by Gasteiger charge is 2.18. The van der Waals surface area contributed by atoms with Crippen molar-refractivity contribution < 1.29 is 9.72 Å². The average Bonchev–Trinajstić information content (AvgIpc) is 2.83. The summed E-state index contributed by atoms with van der Waals surface area (Å²) in [5.74, 6) is -0.222. The number of ketones is 1. The highest BCUT2D eigenvalue weighted by Crippen LogP contribution is 2.13. The van der Waals surface area contributed by atoms with E-state index in [0.717, 1.165) is 0 Å². The number of hydrogen-bond acceptors (Lipinski definition) is 5. The number of nitriles is 1. The van der Waals surface area contributed by atoms with Gasteiger partial charge in [-0.1, -0.05) is 0 Å². The molecule has 7 nitrogen and oxygen atoms in total. The summed E-state index contributed by atoms with van der Waals surface area (Å²) < 4.78 is 0. The minimum atomic E-state index is -0.552. The van der Waals surface area contributed by atoms with Crippen molar-refractivity contribution in [1.82, 2.24) is 9.88 Å². The molecular weight excluding hydrogens is 248 g/mol. The number of rotatable bonds is 7. The minimum absolute atomic E-state index is 0.127. The molecule has 0 saturated carbocycles. The second-order valence-electron chi connectivity index (χ2n) is 4.42. The number of nitro groups is 1. The van der Waals surface area contributed by atoms with Crippen LogP contribution in [0, 0.1) is 21.4 Å². The summed E-state index contributed by atoms with van der Waals surface area (Å²) in [5.41, 5.74) is 0.0887. The first-order chi connectivity index (χ1) is 8.95. The number of aromatic nitrogens is 1. The maximum absolute atomic E-state index is 12.0. The number of Topliss-reactive ketones (excluding diaryl/α,β-unsaturated/α-hetero) is 1. The molecule has 0 spiro atoms. The van der Waals surface area contributed by atoms with E-state index in [9.17, 15) is 14.9 Å². The summed E-state index contributed by atoms with van der Waals surface area (Å²) in [7, 11) is 0. The van der Waals surface area contributed by atoms with E-state index in [-0.39, 0.29) is 29.8 Å². The zero-order valence-electron chi connectivity index (χ0n) is 10.9. The number of H-pyrrole nitrogens is 1. The van der Waals surface area contributed by atoms with E-state index in [1.54, 1.807) is 0 Å². The van der Waals surface area contributed by atoms with Crippen LogP contribution in [0.5, 0.6) is 0 Å². The van der Waals surface area contributed by atoms with Crippen LogP contribution in [0.15, 0.2) is 12.3 Å². The van der Waals surface area contributed by atoms with Gasteiger partial charge in [0.05, 0.1) is 29.4 Å². The molecule has 7 heteroatoms. The van der Waals surface area contributed by atoms with Crippen molar-refractivity contribution in [3.8, 4) is 6.07 Å². The van der Waals surface area contributed by atoms with Crippen molar-refractivity contribution in [2.45, 2.75) is 26.3 Å². The van der Waals surface area contributed by atoms with Gasteiger partial charge in [-0.3, -0.25) is 19.8 Å². The number of aromatic amines is 1. The third-order valence-corrected chi connectivity index (χ3v) is 2.77. The Morgan fingerprint density at radius 1 is 1.63 bits per heavy atom. The number of nitrogens with one attached hydrogen (secondary N) is 1. The highest BCUT2D eigenvalue weighted by atomic mass is 16.6. The topological polar surface area (TPSA) is 103 Å². The van der Waals surface area contributed by atoms with Gasteiger partial charge in [0, 0.05) is 25.1 Å². The fourth-order valence-corrected chi connectivity index (χ4v) is 1.63. The summed E-state index contributed by atoms with van der Waals surface area (Å²) in [6.07, 6.45) is 1.54. The van der Waals surface area contributed by atoms with E-state index < -0.39 is 4.92 Å². The molecule has 0 bridgehead atoms. The lowest BCUT2D eigenvalue weighted by Gasteiger charge is -2.24. The summed E-state index contributed by atoms with van der Waals surface area (Å²) >= 11 is 0. The first-order valence-corrected chi connectivity index (χ1v) is 5.92. The van der Waals surface area contributed by atoms with Crippen LogP contribution in [0.2, 0.25) is 0 Å². The molecule has 0 unspecified atom stereocenters. The molecule has 102 valence electrons. The quantitative estimate of drug-likeness (QED) is 0.459. The van der Waals surface area contributed by atoms with Gasteiger partial charge in [-0.05, 0) is 13.8 Å². The smallest absolute Gasteiger partial charge is 0.287 e. The van der Waals surface area contributed by atoms with Crippen molar-refractivity contribution >= 4 is 11.5 Å². The molecular formula is C12H16N4O3. The van der Waals surface area contributed by atoms with Crippen molar-refractivity contribution in [2.75, 3.05) is 13.1 Å². The molecule has 0 radical (unpaired) electrons. The third kappa shape index (κ3) is 4.19. The van der Waals surface area contributed by atoms with Crippen LogP contribution < -0.4 is 0 Å². The zero-order chi connectivity index (χ0) is 14.4. The lowest BCUT2D eigenvalue weighted by Crippen LogP contribution is -2.36. The third-order valence-electron chi connectivity index (χ3n) is 2.77. The maximum atomic E-state index is 12.0. The molecule has 0 aliphatic rings. The predicted octanol–water partition coefficient (Wildman–Crippen LogP) is 1.73. The van der Waals surface area contributed by atoms with Crippen molar-refractivity contribution in [2.24, 2.45) is 0 Å². The van der Waals surface area contributed by atoms with Crippen LogP contribution in [-0.4, -0.2) is 39.7 Å². The Labute approximate surface area is 111 Å². The second-order valence-corrected chi connectivity index (χ2v) is 4.42. The lowest BCUT2D eigenvalue weighted by molar-refractivity contribution is -0.384. The number of carbonyl (C=O) groups excluding carboxylic acids is 1. The Kier molecular flexibility index (Phi) is 5.21. The van der Waals surface area contributed by atoms with Gasteiger partial charge in [0.15, 0.2) is 5.78 Å². The van der Waals surface area contributed by atoms with Gasteiger partial charge >= 0.3 is 0 Å². The van der Waals surface area contributed by atoms with E-state index in [1.165, 1.54) is 12.3 Å². The lowest BCUT2D eigenvalue weighted by atomic mass is 10.2. The fraction of sp³-hybridized carbons (Fsp3) is 0.500. The molecule has 0 atom stereocenters. The molecule has 0 aliphatic carbocycles. The van der Waals surface area contributed by atoms with E-state index in [1.807, 2.05) is 24.8 Å². The molecule has 1 N–H and O–H groups in total. The van der Waals surface area contributed by atoms with Crippen molar-refractivity contribution in [3.63, 3.8) is 0 Å². The van der Waals surface area contributed by atoms with Gasteiger partial charge in [-0.2, -0.15) is 5.26 Å². The van der Waals surface area contributed by atoms with Crippen molar-refractivity contribution in [3.05, 3.63) is 28.1 Å². The monoisotopic (exact) mass is 264 g/mol. The summed E-state index contributed by atoms with van der Waals surface area (Å²) in [4.78, 5) is 26.4. The van der Waals surface area contributed by atoms with E-state index >= 15 is 0 Å². The molecule has 1 aromatic heterocycles. The minimum Gasteiger partial charge on any atom is -0.353 e. The molecule has 1 aromatic rings. The number of hydrogen-bond donors (Lipinski definition) is 1. The molecule has 19 heavy (non-hydrogen) atoms. The van der Waals surface area contributed by atoms with Crippen molar-refractivity contribution in [1.29, 1.82) is 5.26 Å². The largest absolute Gasteiger partial charge is 0.353 e. The van der Waals surface area contributed by atoms with Gasteiger partial charge in [-0.15, -0.1) is 0 Å². The second kappa shape index (κ2) is 6.66. The molecule has 1 heterocycles. The predicted molar refractivity (Wildman–Crippen MR) is 68.7 cm³/mol. The van der Waals surface area contributed by atoms with E-state index in [4.69, 9.17) is 5.26 Å². The number of nitrogens with zero attached hydrogens (tertiary/aromatic N) is 3. The molecule has 0 saturated heterocycles. The first kappa shape index (κ1) is 14.9. The summed E-state index contributed by atoms with van der Waals surface area (Å²) in [6, 6.07) is 3.39. The van der Waals surface area contributed by atoms with E-state index in [2.05, 4.69) is 4.98 Å². The van der Waals surface area contributed by atoms with Gasteiger partial charge in [-0.25, -0.2) is 0 Å². The highest BCUT2D eigenvalue weighted by molar-refractivity contribution is 5.96. The first-order valence-electron chi connectivity index (χ1n) is 5.92. The Hall–Kier alpha value is -2.20. The van der Waals surface area contributed by atoms with Crippen LogP contribution in [0.3, 0.4) is 0 Å². The van der Waals surface area contributed by atoms with Gasteiger partial charge in [0.1, 0.15) is 0 Å². The Balaban J connectivity index is 2.70. The van der Waals surface area contributed by atoms with Gasteiger partial charge in [0.2, 0.25) is 0 Å². The Morgan fingerprint density at radius 3 is 2.79 bits per heavy atom. The molecule has 1 rings (SSSR count). The molecule has 0 fully saturated rings. The molecule has 0 aromatic carbocycles. The van der Waals surface area contributed by atoms with Crippen LogP contribution in [0.1, 0.15) is 30.8 Å². The molecule has 0 amide bonds. The van der Waals surface area contributed by atoms with Gasteiger partial charge in [0.25, 0.3) is 5.69 Å². The summed E-state index contributed by atoms with van der Waals surface area (Å²) in [5, 5.41) is 19.1. The summed E-state index contributed by atoms with van der Waals surface area (Å²) in [6.45, 7) is 4.50. The van der Waals surface area contributed by atoms with Crippen LogP contribution >= 0.6 is 0 Å². The van der Waals surface area contributed by atoms with E-state index in [0.29, 0.717) is 13.0 Å². The van der Waals surface area contributed by atoms with Crippen LogP contribution in [-0.2, 0) is 0 Å². The fourth-order valence-electron chi connectivity index (χ4n) is 1.63. The normalized spacial score (nSPS) is 10.7. The maximum Gasteiger partial charge on any atom is 0.287 e. The van der Waals surface area contributed by atoms with Crippen LogP contribution in [0.25, 0.3) is 0 Å². The SMILES string of the molecule is CC(C)N(CCC#N)CC(=O)c1cc([N+](=O)[O-])c[nH]1. The number of carbonyl (C=O) groups is 1. The molecule has 0 aliphatic heterocycles. The standard InChI is InChI=1S/C12H16N4O3/c1-9(2)15(5-3-4-13)8-12(17)11-6-10(7-14-11)16(18)19/h6-7,9,14H,3,5,8H2,1-2H3. The Bertz CT molecular complexity index is 501. The van der Waals surface area contributed by atoms with Gasteiger partial charge < -0.3 is 4.98 Å².